The SMILES string of the molecule is COCC(=O)N1CC[C@H]2CN(CC(=O)N(C)C)S(=O)(=O)[C@H]2CC1. The van der Waals surface area contributed by atoms with E-state index in [2.05, 4.69) is 0 Å². The topological polar surface area (TPSA) is 87.2 Å². The van der Waals surface area contributed by atoms with E-state index in [-0.39, 0.29) is 30.9 Å². The molecule has 2 saturated heterocycles. The van der Waals surface area contributed by atoms with Gasteiger partial charge >= 0.3 is 0 Å². The second-order valence-corrected chi connectivity index (χ2v) is 8.47. The number of methoxy groups -OCH3 is 1. The maximum Gasteiger partial charge on any atom is 0.248 e. The maximum atomic E-state index is 12.7. The van der Waals surface area contributed by atoms with Gasteiger partial charge in [-0.1, -0.05) is 0 Å². The lowest BCUT2D eigenvalue weighted by atomic mass is 10.0. The number of carbonyl (C=O) groups excluding carboxylic acids is 2. The smallest absolute Gasteiger partial charge is 0.248 e. The minimum Gasteiger partial charge on any atom is -0.375 e. The van der Waals surface area contributed by atoms with E-state index in [4.69, 9.17) is 4.74 Å². The van der Waals surface area contributed by atoms with Crippen LogP contribution in [-0.2, 0) is 24.3 Å². The largest absolute Gasteiger partial charge is 0.375 e. The van der Waals surface area contributed by atoms with Gasteiger partial charge in [0, 0.05) is 40.8 Å². The maximum absolute atomic E-state index is 12.7. The van der Waals surface area contributed by atoms with E-state index in [1.165, 1.54) is 16.3 Å². The third-order valence-electron chi connectivity index (χ3n) is 4.59. The van der Waals surface area contributed by atoms with E-state index < -0.39 is 15.3 Å². The van der Waals surface area contributed by atoms with Gasteiger partial charge in [0.05, 0.1) is 11.8 Å². The molecule has 0 aromatic heterocycles. The molecular weight excluding hydrogens is 322 g/mol. The third-order valence-corrected chi connectivity index (χ3v) is 6.97. The first-order valence-electron chi connectivity index (χ1n) is 7.73. The van der Waals surface area contributed by atoms with Crippen LogP contribution < -0.4 is 0 Å². The summed E-state index contributed by atoms with van der Waals surface area (Å²) in [6.07, 6.45) is 1.04. The highest BCUT2D eigenvalue weighted by Gasteiger charge is 2.47. The van der Waals surface area contributed by atoms with Crippen LogP contribution in [0.4, 0.5) is 0 Å². The molecule has 0 aromatic carbocycles. The predicted octanol–water partition coefficient (Wildman–Crippen LogP) is -1.03. The minimum atomic E-state index is -3.48. The number of hydrogen-bond donors (Lipinski definition) is 0. The summed E-state index contributed by atoms with van der Waals surface area (Å²) in [7, 11) is 1.21. The van der Waals surface area contributed by atoms with Crippen molar-refractivity contribution in [2.45, 2.75) is 18.1 Å². The molecule has 2 heterocycles. The Balaban J connectivity index is 2.05. The van der Waals surface area contributed by atoms with Crippen LogP contribution in [0.15, 0.2) is 0 Å². The van der Waals surface area contributed by atoms with Gasteiger partial charge in [0.1, 0.15) is 6.61 Å². The predicted molar refractivity (Wildman–Crippen MR) is 84.2 cm³/mol. The van der Waals surface area contributed by atoms with E-state index >= 15 is 0 Å². The number of amides is 2. The van der Waals surface area contributed by atoms with Crippen LogP contribution in [-0.4, -0.2) is 93.6 Å². The second kappa shape index (κ2) is 7.14. The number of likely N-dealkylation sites (N-methyl/N-ethyl adjacent to an activating group) is 1. The lowest BCUT2D eigenvalue weighted by molar-refractivity contribution is -0.135. The van der Waals surface area contributed by atoms with Gasteiger partial charge in [-0.3, -0.25) is 9.59 Å². The number of ether oxygens (including phenoxy) is 1. The highest BCUT2D eigenvalue weighted by Crippen LogP contribution is 2.34. The van der Waals surface area contributed by atoms with E-state index in [0.29, 0.717) is 32.5 Å². The second-order valence-electron chi connectivity index (χ2n) is 6.32. The highest BCUT2D eigenvalue weighted by molar-refractivity contribution is 7.90. The number of carbonyl (C=O) groups is 2. The van der Waals surface area contributed by atoms with Crippen molar-refractivity contribution in [3.8, 4) is 0 Å². The van der Waals surface area contributed by atoms with E-state index in [0.717, 1.165) is 0 Å². The summed E-state index contributed by atoms with van der Waals surface area (Å²) in [5, 5.41) is -0.502. The first-order valence-corrected chi connectivity index (χ1v) is 9.23. The molecule has 0 unspecified atom stereocenters. The Hall–Kier alpha value is -1.19. The Morgan fingerprint density at radius 2 is 1.87 bits per heavy atom. The first kappa shape index (κ1) is 18.2. The molecule has 9 heteroatoms. The Bertz CT molecular complexity index is 563. The fourth-order valence-electron chi connectivity index (χ4n) is 3.21. The zero-order valence-electron chi connectivity index (χ0n) is 13.9. The van der Waals surface area contributed by atoms with Crippen LogP contribution in [0.1, 0.15) is 12.8 Å². The molecule has 0 radical (unpaired) electrons. The van der Waals surface area contributed by atoms with Crippen molar-refractivity contribution < 1.29 is 22.7 Å². The number of fused-ring (bicyclic) bond motifs is 1. The van der Waals surface area contributed by atoms with Crippen LogP contribution in [0.25, 0.3) is 0 Å². The van der Waals surface area contributed by atoms with Crippen molar-refractivity contribution in [2.75, 3.05) is 54.0 Å². The molecule has 23 heavy (non-hydrogen) atoms. The Labute approximate surface area is 137 Å². The van der Waals surface area contributed by atoms with Crippen molar-refractivity contribution in [2.24, 2.45) is 5.92 Å². The summed E-state index contributed by atoms with van der Waals surface area (Å²) in [6.45, 7) is 1.23. The molecule has 2 rings (SSSR count). The van der Waals surface area contributed by atoms with Gasteiger partial charge in [0.15, 0.2) is 0 Å². The molecule has 0 N–H and O–H groups in total. The minimum absolute atomic E-state index is 0.0194. The summed E-state index contributed by atoms with van der Waals surface area (Å²) >= 11 is 0. The molecule has 2 aliphatic heterocycles. The Morgan fingerprint density at radius 1 is 1.22 bits per heavy atom. The van der Waals surface area contributed by atoms with Gasteiger partial charge in [-0.25, -0.2) is 8.42 Å². The molecule has 2 fully saturated rings. The van der Waals surface area contributed by atoms with Crippen molar-refractivity contribution in [1.29, 1.82) is 0 Å². The van der Waals surface area contributed by atoms with Crippen LogP contribution in [0.5, 0.6) is 0 Å². The Kier molecular flexibility index (Phi) is 5.64. The van der Waals surface area contributed by atoms with Gasteiger partial charge in [-0.2, -0.15) is 4.31 Å². The molecule has 0 aliphatic carbocycles. The molecule has 132 valence electrons. The van der Waals surface area contributed by atoms with E-state index in [1.54, 1.807) is 19.0 Å². The van der Waals surface area contributed by atoms with Gasteiger partial charge in [-0.05, 0) is 18.8 Å². The highest BCUT2D eigenvalue weighted by atomic mass is 32.2. The molecule has 0 bridgehead atoms. The average molecular weight is 347 g/mol. The summed E-state index contributed by atoms with van der Waals surface area (Å²) < 4.78 is 31.5. The molecule has 2 amide bonds. The normalized spacial score (nSPS) is 27.3. The van der Waals surface area contributed by atoms with Gasteiger partial charge in [0.25, 0.3) is 0 Å². The van der Waals surface area contributed by atoms with Crippen molar-refractivity contribution in [3.63, 3.8) is 0 Å². The monoisotopic (exact) mass is 347 g/mol. The number of sulfonamides is 1. The Morgan fingerprint density at radius 3 is 2.48 bits per heavy atom. The fourth-order valence-corrected chi connectivity index (χ4v) is 5.39. The average Bonchev–Trinajstić information content (AvgIpc) is 2.64. The number of nitrogens with zero attached hydrogens (tertiary/aromatic N) is 3. The van der Waals surface area contributed by atoms with Crippen LogP contribution in [0, 0.1) is 5.92 Å². The lowest BCUT2D eigenvalue weighted by Gasteiger charge is -2.22. The molecule has 2 aliphatic rings. The van der Waals surface area contributed by atoms with Crippen LogP contribution in [0.3, 0.4) is 0 Å². The molecule has 0 aromatic rings. The quantitative estimate of drug-likeness (QED) is 0.649. The number of hydrogen-bond acceptors (Lipinski definition) is 5. The van der Waals surface area contributed by atoms with Crippen molar-refractivity contribution >= 4 is 21.8 Å². The van der Waals surface area contributed by atoms with Crippen molar-refractivity contribution in [1.82, 2.24) is 14.1 Å². The standard InChI is InChI=1S/C14H25N3O5S/c1-15(2)13(18)9-17-8-11-4-6-16(14(19)10-22-3)7-5-12(11)23(17,20)21/h11-12H,4-10H2,1-3H3/t11-,12-/m0/s1. The third kappa shape index (κ3) is 3.84. The summed E-state index contributed by atoms with van der Waals surface area (Å²) in [4.78, 5) is 26.8. The summed E-state index contributed by atoms with van der Waals surface area (Å²) in [6, 6.07) is 0. The summed E-state index contributed by atoms with van der Waals surface area (Å²) in [5.74, 6) is -0.359. The van der Waals surface area contributed by atoms with Crippen LogP contribution in [0.2, 0.25) is 0 Å². The molecular formula is C14H25N3O5S. The zero-order valence-corrected chi connectivity index (χ0v) is 14.7. The van der Waals surface area contributed by atoms with Crippen LogP contribution >= 0.6 is 0 Å². The number of rotatable bonds is 4. The van der Waals surface area contributed by atoms with Gasteiger partial charge < -0.3 is 14.5 Å². The molecule has 8 nitrogen and oxygen atoms in total. The van der Waals surface area contributed by atoms with E-state index in [9.17, 15) is 18.0 Å². The fraction of sp³-hybridized carbons (Fsp3) is 0.857. The molecule has 2 atom stereocenters. The first-order chi connectivity index (χ1) is 10.8. The van der Waals surface area contributed by atoms with Gasteiger partial charge in [-0.15, -0.1) is 0 Å². The van der Waals surface area contributed by atoms with E-state index in [1.807, 2.05) is 0 Å². The number of likely N-dealkylation sites (tertiary alicyclic amines) is 1. The summed E-state index contributed by atoms with van der Waals surface area (Å²) in [5.41, 5.74) is 0. The van der Waals surface area contributed by atoms with Crippen molar-refractivity contribution in [3.05, 3.63) is 0 Å². The lowest BCUT2D eigenvalue weighted by Crippen LogP contribution is -2.40. The molecule has 0 spiro atoms. The molecule has 0 saturated carbocycles. The zero-order chi connectivity index (χ0) is 17.2. The van der Waals surface area contributed by atoms with Gasteiger partial charge in [0.2, 0.25) is 21.8 Å².